The van der Waals surface area contributed by atoms with Crippen LogP contribution in [0.3, 0.4) is 0 Å². The Morgan fingerprint density at radius 3 is 2.38 bits per heavy atom. The Hall–Kier alpha value is -1.87. The summed E-state index contributed by atoms with van der Waals surface area (Å²) >= 11 is 5.49. The molecule has 1 atom stereocenters. The molecule has 2 aromatic rings. The van der Waals surface area contributed by atoms with Crippen LogP contribution in [-0.4, -0.2) is 11.2 Å². The summed E-state index contributed by atoms with van der Waals surface area (Å²) < 4.78 is 0. The molecule has 128 valence electrons. The van der Waals surface area contributed by atoms with Crippen LogP contribution in [0.4, 0.5) is 5.69 Å². The molecule has 0 aliphatic heterocycles. The lowest BCUT2D eigenvalue weighted by Crippen LogP contribution is -2.39. The topological polar surface area (TPSA) is 24.1 Å². The third kappa shape index (κ3) is 5.07. The van der Waals surface area contributed by atoms with Crippen molar-refractivity contribution in [3.8, 4) is 0 Å². The zero-order chi connectivity index (χ0) is 17.7. The van der Waals surface area contributed by atoms with Crippen molar-refractivity contribution in [3.05, 3.63) is 65.2 Å². The van der Waals surface area contributed by atoms with Crippen LogP contribution in [0.5, 0.6) is 0 Å². The van der Waals surface area contributed by atoms with Crippen molar-refractivity contribution in [2.45, 2.75) is 52.5 Å². The second-order valence-corrected chi connectivity index (χ2v) is 7.68. The highest BCUT2D eigenvalue weighted by Gasteiger charge is 2.23. The van der Waals surface area contributed by atoms with Crippen molar-refractivity contribution in [3.63, 3.8) is 0 Å². The molecule has 0 fully saturated rings. The number of thiocarbonyl (C=S) groups is 1. The fourth-order valence-electron chi connectivity index (χ4n) is 3.16. The standard InChI is InChI=1S/C21H28N2S/c1-15-11-12-19(16(2)13-15)23-20(24)22-17(3)14-21(4,5)18-9-7-6-8-10-18/h6-13,17H,14H2,1-5H3,(H2,22,23,24). The fraction of sp³-hybridized carbons (Fsp3) is 0.381. The van der Waals surface area contributed by atoms with E-state index in [-0.39, 0.29) is 11.5 Å². The van der Waals surface area contributed by atoms with Gasteiger partial charge in [-0.05, 0) is 62.0 Å². The Morgan fingerprint density at radius 1 is 1.08 bits per heavy atom. The van der Waals surface area contributed by atoms with E-state index in [1.165, 1.54) is 16.7 Å². The van der Waals surface area contributed by atoms with Crippen LogP contribution in [0, 0.1) is 13.8 Å². The average molecular weight is 341 g/mol. The molecule has 3 heteroatoms. The quantitative estimate of drug-likeness (QED) is 0.718. The molecule has 0 saturated carbocycles. The predicted molar refractivity (Wildman–Crippen MR) is 109 cm³/mol. The highest BCUT2D eigenvalue weighted by molar-refractivity contribution is 7.80. The van der Waals surface area contributed by atoms with Crippen LogP contribution in [-0.2, 0) is 5.41 Å². The molecule has 0 saturated heterocycles. The van der Waals surface area contributed by atoms with Gasteiger partial charge in [0.2, 0.25) is 0 Å². The minimum Gasteiger partial charge on any atom is -0.360 e. The Labute approximate surface area is 151 Å². The second-order valence-electron chi connectivity index (χ2n) is 7.27. The van der Waals surface area contributed by atoms with E-state index in [2.05, 4.69) is 93.8 Å². The van der Waals surface area contributed by atoms with E-state index in [9.17, 15) is 0 Å². The van der Waals surface area contributed by atoms with E-state index in [0.29, 0.717) is 5.11 Å². The van der Waals surface area contributed by atoms with Gasteiger partial charge in [0, 0.05) is 11.7 Å². The largest absolute Gasteiger partial charge is 0.360 e. The van der Waals surface area contributed by atoms with Crippen molar-refractivity contribution < 1.29 is 0 Å². The van der Waals surface area contributed by atoms with Gasteiger partial charge in [0.05, 0.1) is 0 Å². The van der Waals surface area contributed by atoms with Gasteiger partial charge in [-0.25, -0.2) is 0 Å². The molecule has 0 amide bonds. The molecule has 0 radical (unpaired) electrons. The molecule has 2 N–H and O–H groups in total. The monoisotopic (exact) mass is 340 g/mol. The smallest absolute Gasteiger partial charge is 0.170 e. The van der Waals surface area contributed by atoms with Gasteiger partial charge in [0.1, 0.15) is 0 Å². The second kappa shape index (κ2) is 7.80. The van der Waals surface area contributed by atoms with Crippen LogP contribution < -0.4 is 10.6 Å². The Morgan fingerprint density at radius 2 is 1.75 bits per heavy atom. The molecule has 0 aliphatic rings. The van der Waals surface area contributed by atoms with Gasteiger partial charge in [-0.1, -0.05) is 61.9 Å². The number of hydrogen-bond acceptors (Lipinski definition) is 1. The first kappa shape index (κ1) is 18.5. The van der Waals surface area contributed by atoms with E-state index < -0.39 is 0 Å². The van der Waals surface area contributed by atoms with Gasteiger partial charge >= 0.3 is 0 Å². The van der Waals surface area contributed by atoms with Crippen molar-refractivity contribution in [1.29, 1.82) is 0 Å². The van der Waals surface area contributed by atoms with Crippen LogP contribution in [0.25, 0.3) is 0 Å². The number of benzene rings is 2. The number of hydrogen-bond donors (Lipinski definition) is 2. The minimum atomic E-state index is 0.100. The van der Waals surface area contributed by atoms with Crippen molar-refractivity contribution in [2.24, 2.45) is 0 Å². The molecule has 0 aliphatic carbocycles. The lowest BCUT2D eigenvalue weighted by Gasteiger charge is -2.30. The summed E-state index contributed by atoms with van der Waals surface area (Å²) in [4.78, 5) is 0. The first-order valence-electron chi connectivity index (χ1n) is 8.48. The normalized spacial score (nSPS) is 12.5. The van der Waals surface area contributed by atoms with E-state index in [4.69, 9.17) is 12.2 Å². The highest BCUT2D eigenvalue weighted by atomic mass is 32.1. The number of rotatable bonds is 5. The summed E-state index contributed by atoms with van der Waals surface area (Å²) in [6, 6.07) is 17.3. The van der Waals surface area contributed by atoms with Gasteiger partial charge in [0.15, 0.2) is 5.11 Å². The summed E-state index contributed by atoms with van der Waals surface area (Å²) in [6.07, 6.45) is 1.01. The minimum absolute atomic E-state index is 0.100. The molecular weight excluding hydrogens is 312 g/mol. The number of nitrogens with one attached hydrogen (secondary N) is 2. The maximum Gasteiger partial charge on any atom is 0.170 e. The van der Waals surface area contributed by atoms with Gasteiger partial charge in [0.25, 0.3) is 0 Å². The van der Waals surface area contributed by atoms with Crippen molar-refractivity contribution in [2.75, 3.05) is 5.32 Å². The molecule has 0 aromatic heterocycles. The molecular formula is C21H28N2S. The zero-order valence-electron chi connectivity index (χ0n) is 15.3. The third-order valence-electron chi connectivity index (χ3n) is 4.38. The maximum absolute atomic E-state index is 5.49. The predicted octanol–water partition coefficient (Wildman–Crippen LogP) is 5.35. The van der Waals surface area contributed by atoms with Crippen LogP contribution in [0.1, 0.15) is 43.9 Å². The van der Waals surface area contributed by atoms with Gasteiger partial charge < -0.3 is 10.6 Å². The third-order valence-corrected chi connectivity index (χ3v) is 4.60. The Bertz CT molecular complexity index is 692. The van der Waals surface area contributed by atoms with Gasteiger partial charge in [-0.2, -0.15) is 0 Å². The molecule has 0 heterocycles. The fourth-order valence-corrected chi connectivity index (χ4v) is 3.47. The molecule has 2 nitrogen and oxygen atoms in total. The zero-order valence-corrected chi connectivity index (χ0v) is 16.1. The van der Waals surface area contributed by atoms with E-state index >= 15 is 0 Å². The van der Waals surface area contributed by atoms with E-state index in [1.54, 1.807) is 0 Å². The average Bonchev–Trinajstić information content (AvgIpc) is 2.50. The first-order valence-corrected chi connectivity index (χ1v) is 8.89. The molecule has 24 heavy (non-hydrogen) atoms. The summed E-state index contributed by atoms with van der Waals surface area (Å²) in [5.41, 5.74) is 4.98. The number of anilines is 1. The van der Waals surface area contributed by atoms with Crippen molar-refractivity contribution in [1.82, 2.24) is 5.32 Å². The molecule has 2 rings (SSSR count). The lowest BCUT2D eigenvalue weighted by molar-refractivity contribution is 0.420. The first-order chi connectivity index (χ1) is 11.3. The highest BCUT2D eigenvalue weighted by Crippen LogP contribution is 2.28. The van der Waals surface area contributed by atoms with Crippen LogP contribution in [0.2, 0.25) is 0 Å². The molecule has 0 spiro atoms. The van der Waals surface area contributed by atoms with Crippen LogP contribution in [0.15, 0.2) is 48.5 Å². The van der Waals surface area contributed by atoms with E-state index in [1.807, 2.05) is 0 Å². The molecule has 0 bridgehead atoms. The van der Waals surface area contributed by atoms with Gasteiger partial charge in [-0.3, -0.25) is 0 Å². The summed E-state index contributed by atoms with van der Waals surface area (Å²) in [5.74, 6) is 0. The molecule has 2 aromatic carbocycles. The maximum atomic E-state index is 5.49. The number of aryl methyl sites for hydroxylation is 2. The summed E-state index contributed by atoms with van der Waals surface area (Å²) in [5, 5.41) is 7.41. The Balaban J connectivity index is 1.94. The SMILES string of the molecule is Cc1ccc(NC(=S)NC(C)CC(C)(C)c2ccccc2)c(C)c1. The Kier molecular flexibility index (Phi) is 6.00. The summed E-state index contributed by atoms with van der Waals surface area (Å²) in [6.45, 7) is 10.9. The molecule has 1 unspecified atom stereocenters. The van der Waals surface area contributed by atoms with Crippen molar-refractivity contribution >= 4 is 23.0 Å². The van der Waals surface area contributed by atoms with Crippen LogP contribution >= 0.6 is 12.2 Å². The van der Waals surface area contributed by atoms with Gasteiger partial charge in [-0.15, -0.1) is 0 Å². The summed E-state index contributed by atoms with van der Waals surface area (Å²) in [7, 11) is 0. The lowest BCUT2D eigenvalue weighted by atomic mass is 9.79. The van der Waals surface area contributed by atoms with E-state index in [0.717, 1.165) is 12.1 Å².